The van der Waals surface area contributed by atoms with Crippen LogP contribution in [-0.4, -0.2) is 58.0 Å². The van der Waals surface area contributed by atoms with Gasteiger partial charge in [0.25, 0.3) is 0 Å². The summed E-state index contributed by atoms with van der Waals surface area (Å²) in [6.07, 6.45) is -1.20. The average Bonchev–Trinajstić information content (AvgIpc) is 2.31. The molecule has 0 saturated carbocycles. The fourth-order valence-corrected chi connectivity index (χ4v) is 1.38. The van der Waals surface area contributed by atoms with E-state index in [0.29, 0.717) is 0 Å². The number of amides is 2. The summed E-state index contributed by atoms with van der Waals surface area (Å²) >= 11 is 3.79. The smallest absolute Gasteiger partial charge is 0.327 e. The van der Waals surface area contributed by atoms with E-state index in [0.717, 1.165) is 0 Å². The number of rotatable bonds is 7. The van der Waals surface area contributed by atoms with Gasteiger partial charge < -0.3 is 26.6 Å². The number of aliphatic carboxylic acids is 1. The molecule has 0 rings (SSSR count). The number of aliphatic hydroxyl groups excluding tert-OH is 1. The van der Waals surface area contributed by atoms with E-state index in [-0.39, 0.29) is 5.75 Å². The van der Waals surface area contributed by atoms with Gasteiger partial charge in [0.15, 0.2) is 0 Å². The van der Waals surface area contributed by atoms with Crippen molar-refractivity contribution < 1.29 is 24.6 Å². The number of carboxylic acids is 1. The maximum Gasteiger partial charge on any atom is 0.327 e. The lowest BCUT2D eigenvalue weighted by molar-refractivity contribution is -0.142. The molecule has 0 aliphatic carbocycles. The van der Waals surface area contributed by atoms with Crippen LogP contribution in [0.15, 0.2) is 0 Å². The van der Waals surface area contributed by atoms with Gasteiger partial charge in [0.1, 0.15) is 12.1 Å². The minimum Gasteiger partial charge on any atom is -0.480 e. The van der Waals surface area contributed by atoms with Crippen LogP contribution >= 0.6 is 12.6 Å². The Hall–Kier alpha value is -1.32. The standard InChI is InChI=1S/C10H19N3O5S/c1-4(11)8(15)13-7(5(2)14)9(16)12-6(3-19)10(17)18/h4-7,14,19H,3,11H2,1-2H3,(H,12,16)(H,13,15)(H,17,18). The quantitative estimate of drug-likeness (QED) is 0.291. The second-order valence-corrected chi connectivity index (χ2v) is 4.46. The highest BCUT2D eigenvalue weighted by Crippen LogP contribution is 1.97. The van der Waals surface area contributed by atoms with Crippen molar-refractivity contribution in [2.45, 2.75) is 38.1 Å². The number of carbonyl (C=O) groups excluding carboxylic acids is 2. The summed E-state index contributed by atoms with van der Waals surface area (Å²) in [5.74, 6) is -2.81. The van der Waals surface area contributed by atoms with Crippen LogP contribution in [-0.2, 0) is 14.4 Å². The average molecular weight is 293 g/mol. The number of hydrogen-bond acceptors (Lipinski definition) is 6. The van der Waals surface area contributed by atoms with Crippen LogP contribution < -0.4 is 16.4 Å². The normalized spacial score (nSPS) is 16.9. The van der Waals surface area contributed by atoms with Gasteiger partial charge in [0.05, 0.1) is 12.1 Å². The van der Waals surface area contributed by atoms with Crippen LogP contribution in [0.4, 0.5) is 0 Å². The van der Waals surface area contributed by atoms with Crippen LogP contribution in [0, 0.1) is 0 Å². The highest BCUT2D eigenvalue weighted by molar-refractivity contribution is 7.80. The van der Waals surface area contributed by atoms with Crippen LogP contribution in [0.5, 0.6) is 0 Å². The van der Waals surface area contributed by atoms with Crippen molar-refractivity contribution in [2.24, 2.45) is 5.73 Å². The summed E-state index contributed by atoms with van der Waals surface area (Å²) in [7, 11) is 0. The Kier molecular flexibility index (Phi) is 7.42. The molecule has 0 aliphatic heterocycles. The third kappa shape index (κ3) is 5.90. The second-order valence-electron chi connectivity index (χ2n) is 4.10. The predicted octanol–water partition coefficient (Wildman–Crippen LogP) is -2.30. The van der Waals surface area contributed by atoms with E-state index in [2.05, 4.69) is 23.3 Å². The molecule has 110 valence electrons. The molecule has 0 aromatic carbocycles. The Bertz CT molecular complexity index is 348. The molecule has 0 aromatic heterocycles. The molecule has 0 aliphatic rings. The summed E-state index contributed by atoms with van der Waals surface area (Å²) in [5, 5.41) is 22.6. The topological polar surface area (TPSA) is 142 Å². The lowest BCUT2D eigenvalue weighted by atomic mass is 10.1. The molecule has 19 heavy (non-hydrogen) atoms. The first-order valence-corrected chi connectivity index (χ1v) is 6.22. The van der Waals surface area contributed by atoms with Crippen molar-refractivity contribution in [1.82, 2.24) is 10.6 Å². The largest absolute Gasteiger partial charge is 0.480 e. The number of thiol groups is 1. The summed E-state index contributed by atoms with van der Waals surface area (Å²) in [4.78, 5) is 33.9. The minimum atomic E-state index is -1.28. The molecular weight excluding hydrogens is 274 g/mol. The van der Waals surface area contributed by atoms with Crippen molar-refractivity contribution in [3.8, 4) is 0 Å². The Morgan fingerprint density at radius 1 is 1.21 bits per heavy atom. The Balaban J connectivity index is 4.75. The molecule has 0 bridgehead atoms. The number of aliphatic hydroxyl groups is 1. The molecular formula is C10H19N3O5S. The maximum atomic E-state index is 11.8. The number of hydrogen-bond donors (Lipinski definition) is 6. The number of carboxylic acid groups (broad SMARTS) is 1. The van der Waals surface area contributed by atoms with E-state index in [1.165, 1.54) is 13.8 Å². The van der Waals surface area contributed by atoms with Crippen LogP contribution in [0.25, 0.3) is 0 Å². The number of nitrogens with two attached hydrogens (primary N) is 1. The van der Waals surface area contributed by atoms with Crippen molar-refractivity contribution in [3.63, 3.8) is 0 Å². The fourth-order valence-electron chi connectivity index (χ4n) is 1.14. The van der Waals surface area contributed by atoms with Gasteiger partial charge in [0.2, 0.25) is 11.8 Å². The Labute approximate surface area is 116 Å². The first kappa shape index (κ1) is 17.7. The third-order valence-electron chi connectivity index (χ3n) is 2.27. The number of carbonyl (C=O) groups is 3. The summed E-state index contributed by atoms with van der Waals surface area (Å²) in [5.41, 5.74) is 5.33. The van der Waals surface area contributed by atoms with Crippen molar-refractivity contribution in [3.05, 3.63) is 0 Å². The molecule has 4 unspecified atom stereocenters. The van der Waals surface area contributed by atoms with Crippen molar-refractivity contribution >= 4 is 30.4 Å². The zero-order valence-electron chi connectivity index (χ0n) is 10.7. The van der Waals surface area contributed by atoms with E-state index in [4.69, 9.17) is 10.8 Å². The van der Waals surface area contributed by atoms with E-state index in [1.54, 1.807) is 0 Å². The summed E-state index contributed by atoms with van der Waals surface area (Å²) in [6.45, 7) is 2.71. The lowest BCUT2D eigenvalue weighted by Crippen LogP contribution is -2.58. The predicted molar refractivity (Wildman–Crippen MR) is 70.7 cm³/mol. The van der Waals surface area contributed by atoms with Crippen molar-refractivity contribution in [2.75, 3.05) is 5.75 Å². The van der Waals surface area contributed by atoms with Gasteiger partial charge in [-0.15, -0.1) is 0 Å². The highest BCUT2D eigenvalue weighted by atomic mass is 32.1. The lowest BCUT2D eigenvalue weighted by Gasteiger charge is -2.23. The third-order valence-corrected chi connectivity index (χ3v) is 2.64. The van der Waals surface area contributed by atoms with E-state index >= 15 is 0 Å². The van der Waals surface area contributed by atoms with Crippen molar-refractivity contribution in [1.29, 1.82) is 0 Å². The molecule has 4 atom stereocenters. The Morgan fingerprint density at radius 3 is 2.05 bits per heavy atom. The molecule has 0 radical (unpaired) electrons. The summed E-state index contributed by atoms with van der Waals surface area (Å²) in [6, 6.07) is -3.33. The zero-order chi connectivity index (χ0) is 15.2. The van der Waals surface area contributed by atoms with Crippen LogP contribution in [0.3, 0.4) is 0 Å². The van der Waals surface area contributed by atoms with Gasteiger partial charge in [-0.2, -0.15) is 12.6 Å². The van der Waals surface area contributed by atoms with Gasteiger partial charge in [-0.3, -0.25) is 9.59 Å². The first-order chi connectivity index (χ1) is 8.70. The molecule has 9 heteroatoms. The molecule has 0 saturated heterocycles. The molecule has 2 amide bonds. The van der Waals surface area contributed by atoms with Gasteiger partial charge in [-0.25, -0.2) is 4.79 Å². The SMILES string of the molecule is CC(N)C(=O)NC(C(=O)NC(CS)C(=O)O)C(C)O. The van der Waals surface area contributed by atoms with E-state index < -0.39 is 42.0 Å². The van der Waals surface area contributed by atoms with Gasteiger partial charge in [0, 0.05) is 5.75 Å². The highest BCUT2D eigenvalue weighted by Gasteiger charge is 2.29. The van der Waals surface area contributed by atoms with E-state index in [9.17, 15) is 19.5 Å². The van der Waals surface area contributed by atoms with Crippen LogP contribution in [0.1, 0.15) is 13.8 Å². The molecule has 0 aromatic rings. The molecule has 0 spiro atoms. The minimum absolute atomic E-state index is 0.116. The maximum absolute atomic E-state index is 11.8. The number of nitrogens with one attached hydrogen (secondary N) is 2. The molecule has 0 fully saturated rings. The van der Waals surface area contributed by atoms with E-state index in [1.807, 2.05) is 0 Å². The fraction of sp³-hybridized carbons (Fsp3) is 0.700. The molecule has 0 heterocycles. The van der Waals surface area contributed by atoms with Gasteiger partial charge in [-0.1, -0.05) is 0 Å². The molecule has 6 N–H and O–H groups in total. The van der Waals surface area contributed by atoms with Gasteiger partial charge >= 0.3 is 5.97 Å². The zero-order valence-corrected chi connectivity index (χ0v) is 11.6. The Morgan fingerprint density at radius 2 is 1.74 bits per heavy atom. The summed E-state index contributed by atoms with van der Waals surface area (Å²) < 4.78 is 0. The molecule has 8 nitrogen and oxygen atoms in total. The first-order valence-electron chi connectivity index (χ1n) is 5.58. The monoisotopic (exact) mass is 293 g/mol. The van der Waals surface area contributed by atoms with Crippen LogP contribution in [0.2, 0.25) is 0 Å². The second kappa shape index (κ2) is 7.97. The van der Waals surface area contributed by atoms with Gasteiger partial charge in [-0.05, 0) is 13.8 Å².